The van der Waals surface area contributed by atoms with Crippen molar-refractivity contribution in [3.05, 3.63) is 0 Å². The molecule has 0 radical (unpaired) electrons. The maximum absolute atomic E-state index is 11.8. The molecular weight excluding hydrogens is 137 g/mol. The van der Waals surface area contributed by atoms with E-state index in [0.717, 1.165) is 7.11 Å². The highest BCUT2D eigenvalue weighted by Crippen LogP contribution is 2.21. The standard InChI is InChI=1S/C4H7F3O2/c1-8-3(5)4(6,7)9-2/h3H,1-2H3. The largest absolute Gasteiger partial charge is 0.411 e. The third kappa shape index (κ3) is 2.19. The predicted octanol–water partition coefficient (Wildman–Crippen LogP) is 1.17. The fraction of sp³-hybridized carbons (Fsp3) is 1.00. The summed E-state index contributed by atoms with van der Waals surface area (Å²) in [5.41, 5.74) is 0. The Bertz CT molecular complexity index is 85.9. The van der Waals surface area contributed by atoms with Crippen LogP contribution in [0.15, 0.2) is 0 Å². The Labute approximate surface area is 50.6 Å². The second-order valence-corrected chi connectivity index (χ2v) is 1.32. The molecular formula is C4H7F3O2. The molecule has 0 aliphatic rings. The number of alkyl halides is 3. The minimum atomic E-state index is -3.84. The van der Waals surface area contributed by atoms with E-state index in [4.69, 9.17) is 0 Å². The highest BCUT2D eigenvalue weighted by atomic mass is 19.3. The van der Waals surface area contributed by atoms with E-state index in [1.165, 1.54) is 0 Å². The molecule has 0 saturated heterocycles. The Kier molecular flexibility index (Phi) is 2.93. The zero-order valence-corrected chi connectivity index (χ0v) is 5.03. The van der Waals surface area contributed by atoms with Gasteiger partial charge in [-0.1, -0.05) is 0 Å². The lowest BCUT2D eigenvalue weighted by Gasteiger charge is -2.15. The first kappa shape index (κ1) is 8.71. The van der Waals surface area contributed by atoms with Crippen molar-refractivity contribution in [3.8, 4) is 0 Å². The second-order valence-electron chi connectivity index (χ2n) is 1.32. The van der Waals surface area contributed by atoms with Gasteiger partial charge in [-0.15, -0.1) is 0 Å². The monoisotopic (exact) mass is 144 g/mol. The summed E-state index contributed by atoms with van der Waals surface area (Å²) in [6.07, 6.45) is -6.53. The van der Waals surface area contributed by atoms with Crippen LogP contribution >= 0.6 is 0 Å². The zero-order valence-electron chi connectivity index (χ0n) is 5.03. The maximum atomic E-state index is 11.8. The van der Waals surface area contributed by atoms with Gasteiger partial charge in [0.25, 0.3) is 6.36 Å². The minimum absolute atomic E-state index is 0.700. The van der Waals surface area contributed by atoms with Crippen LogP contribution in [0.4, 0.5) is 13.2 Å². The Hall–Kier alpha value is -0.290. The molecule has 0 aliphatic carbocycles. The van der Waals surface area contributed by atoms with Crippen molar-refractivity contribution in [2.75, 3.05) is 14.2 Å². The Morgan fingerprint density at radius 2 is 1.78 bits per heavy atom. The van der Waals surface area contributed by atoms with Gasteiger partial charge in [0.1, 0.15) is 0 Å². The molecule has 5 heteroatoms. The molecule has 1 unspecified atom stereocenters. The number of methoxy groups -OCH3 is 2. The van der Waals surface area contributed by atoms with Crippen molar-refractivity contribution in [2.24, 2.45) is 0 Å². The van der Waals surface area contributed by atoms with E-state index in [-0.39, 0.29) is 0 Å². The van der Waals surface area contributed by atoms with Gasteiger partial charge in [0.2, 0.25) is 0 Å². The van der Waals surface area contributed by atoms with Crippen molar-refractivity contribution in [2.45, 2.75) is 12.5 Å². The molecule has 0 fully saturated rings. The quantitative estimate of drug-likeness (QED) is 0.591. The summed E-state index contributed by atoms with van der Waals surface area (Å²) in [5, 5.41) is 0. The van der Waals surface area contributed by atoms with E-state index in [0.29, 0.717) is 7.11 Å². The molecule has 0 aliphatic heterocycles. The zero-order chi connectivity index (χ0) is 7.49. The van der Waals surface area contributed by atoms with E-state index >= 15 is 0 Å². The van der Waals surface area contributed by atoms with Crippen molar-refractivity contribution in [1.82, 2.24) is 0 Å². The molecule has 0 bridgehead atoms. The van der Waals surface area contributed by atoms with Crippen molar-refractivity contribution < 1.29 is 22.6 Å². The van der Waals surface area contributed by atoms with Crippen LogP contribution in [0, 0.1) is 0 Å². The maximum Gasteiger partial charge on any atom is 0.411 e. The second kappa shape index (κ2) is 3.03. The summed E-state index contributed by atoms with van der Waals surface area (Å²) < 4.78 is 42.6. The molecule has 9 heavy (non-hydrogen) atoms. The molecule has 1 atom stereocenters. The SMILES string of the molecule is COC(F)C(F)(F)OC. The van der Waals surface area contributed by atoms with Crippen LogP contribution in [0.2, 0.25) is 0 Å². The number of hydrogen-bond donors (Lipinski definition) is 0. The fourth-order valence-corrected chi connectivity index (χ4v) is 0.230. The predicted molar refractivity (Wildman–Crippen MR) is 23.9 cm³/mol. The normalized spacial score (nSPS) is 15.7. The lowest BCUT2D eigenvalue weighted by atomic mass is 10.6. The highest BCUT2D eigenvalue weighted by Gasteiger charge is 2.40. The molecule has 0 aromatic carbocycles. The average Bonchev–Trinajstić information content (AvgIpc) is 1.86. The molecule has 0 rings (SSSR count). The van der Waals surface area contributed by atoms with Gasteiger partial charge < -0.3 is 9.47 Å². The summed E-state index contributed by atoms with van der Waals surface area (Å²) in [7, 11) is 1.53. The fourth-order valence-electron chi connectivity index (χ4n) is 0.230. The first-order chi connectivity index (χ1) is 4.04. The van der Waals surface area contributed by atoms with Gasteiger partial charge in [0, 0.05) is 14.2 Å². The Morgan fingerprint density at radius 3 is 1.89 bits per heavy atom. The molecule has 0 amide bonds. The van der Waals surface area contributed by atoms with Crippen molar-refractivity contribution in [1.29, 1.82) is 0 Å². The molecule has 0 spiro atoms. The molecule has 0 aromatic heterocycles. The third-order valence-electron chi connectivity index (χ3n) is 0.743. The minimum Gasteiger partial charge on any atom is -0.345 e. The highest BCUT2D eigenvalue weighted by molar-refractivity contribution is 4.53. The number of hydrogen-bond acceptors (Lipinski definition) is 2. The van der Waals surface area contributed by atoms with Gasteiger partial charge in [-0.3, -0.25) is 0 Å². The van der Waals surface area contributed by atoms with Crippen LogP contribution in [-0.4, -0.2) is 26.7 Å². The van der Waals surface area contributed by atoms with Gasteiger partial charge in [0.05, 0.1) is 0 Å². The van der Waals surface area contributed by atoms with Crippen LogP contribution in [0.5, 0.6) is 0 Å². The Balaban J connectivity index is 3.80. The van der Waals surface area contributed by atoms with Crippen LogP contribution in [0.1, 0.15) is 0 Å². The van der Waals surface area contributed by atoms with E-state index in [1.807, 2.05) is 0 Å². The van der Waals surface area contributed by atoms with Gasteiger partial charge in [-0.05, 0) is 0 Å². The van der Waals surface area contributed by atoms with Gasteiger partial charge >= 0.3 is 6.11 Å². The van der Waals surface area contributed by atoms with Gasteiger partial charge in [-0.2, -0.15) is 8.78 Å². The molecule has 0 heterocycles. The molecule has 0 aromatic rings. The molecule has 2 nitrogen and oxygen atoms in total. The van der Waals surface area contributed by atoms with E-state index in [9.17, 15) is 13.2 Å². The lowest BCUT2D eigenvalue weighted by Crippen LogP contribution is -2.33. The van der Waals surface area contributed by atoms with E-state index in [2.05, 4.69) is 9.47 Å². The summed E-state index contributed by atoms with van der Waals surface area (Å²) in [6.45, 7) is 0. The number of ether oxygens (including phenoxy) is 2. The van der Waals surface area contributed by atoms with Gasteiger partial charge in [0.15, 0.2) is 0 Å². The third-order valence-corrected chi connectivity index (χ3v) is 0.743. The molecule has 0 saturated carbocycles. The molecule has 56 valence electrons. The van der Waals surface area contributed by atoms with Crippen molar-refractivity contribution >= 4 is 0 Å². The topological polar surface area (TPSA) is 18.5 Å². The first-order valence-electron chi connectivity index (χ1n) is 2.14. The van der Waals surface area contributed by atoms with Crippen LogP contribution in [0.25, 0.3) is 0 Å². The summed E-state index contributed by atoms with van der Waals surface area (Å²) in [4.78, 5) is 0. The van der Waals surface area contributed by atoms with Crippen LogP contribution < -0.4 is 0 Å². The van der Waals surface area contributed by atoms with Gasteiger partial charge in [-0.25, -0.2) is 4.39 Å². The van der Waals surface area contributed by atoms with Crippen LogP contribution in [0.3, 0.4) is 0 Å². The smallest absolute Gasteiger partial charge is 0.345 e. The van der Waals surface area contributed by atoms with E-state index in [1.54, 1.807) is 0 Å². The molecule has 0 N–H and O–H groups in total. The number of rotatable bonds is 3. The van der Waals surface area contributed by atoms with E-state index < -0.39 is 12.5 Å². The summed E-state index contributed by atoms with van der Waals surface area (Å²) >= 11 is 0. The summed E-state index contributed by atoms with van der Waals surface area (Å²) in [6, 6.07) is 0. The lowest BCUT2D eigenvalue weighted by molar-refractivity contribution is -0.313. The number of halogens is 3. The average molecular weight is 144 g/mol. The Morgan fingerprint density at radius 1 is 1.33 bits per heavy atom. The first-order valence-corrected chi connectivity index (χ1v) is 2.14. The summed E-state index contributed by atoms with van der Waals surface area (Å²) in [5.74, 6) is 0. The van der Waals surface area contributed by atoms with Crippen molar-refractivity contribution in [3.63, 3.8) is 0 Å². The van der Waals surface area contributed by atoms with Crippen LogP contribution in [-0.2, 0) is 9.47 Å².